The molecule has 1 amide bonds. The van der Waals surface area contributed by atoms with Gasteiger partial charge in [-0.15, -0.1) is 10.2 Å². The molecule has 1 atom stereocenters. The van der Waals surface area contributed by atoms with Crippen LogP contribution < -0.4 is 10.6 Å². The minimum Gasteiger partial charge on any atom is -0.467 e. The first-order valence-electron chi connectivity index (χ1n) is 8.07. The summed E-state index contributed by atoms with van der Waals surface area (Å²) in [6, 6.07) is 3.05. The number of thioether (sulfide) groups is 1. The molecule has 0 aliphatic rings. The molecular weight excluding hydrogens is 376 g/mol. The molecule has 0 spiro atoms. The van der Waals surface area contributed by atoms with E-state index in [-0.39, 0.29) is 17.6 Å². The number of esters is 1. The summed E-state index contributed by atoms with van der Waals surface area (Å²) < 4.78 is 10.6. The number of anilines is 1. The fourth-order valence-corrected chi connectivity index (χ4v) is 3.67. The molecule has 2 aromatic heterocycles. The normalized spacial score (nSPS) is 12.0. The van der Waals surface area contributed by atoms with Crippen LogP contribution in [0.25, 0.3) is 0 Å². The molecule has 10 heteroatoms. The van der Waals surface area contributed by atoms with E-state index in [1.54, 1.807) is 6.26 Å². The van der Waals surface area contributed by atoms with E-state index >= 15 is 0 Å². The molecule has 26 heavy (non-hydrogen) atoms. The largest absolute Gasteiger partial charge is 0.467 e. The Morgan fingerprint density at radius 2 is 2.19 bits per heavy atom. The van der Waals surface area contributed by atoms with E-state index in [9.17, 15) is 9.59 Å². The lowest BCUT2D eigenvalue weighted by Crippen LogP contribution is -2.43. The Morgan fingerprint density at radius 3 is 2.85 bits per heavy atom. The first kappa shape index (κ1) is 20.2. The van der Waals surface area contributed by atoms with Gasteiger partial charge in [0.15, 0.2) is 4.34 Å². The molecule has 0 saturated heterocycles. The third-order valence-electron chi connectivity index (χ3n) is 3.26. The predicted molar refractivity (Wildman–Crippen MR) is 100 cm³/mol. The third kappa shape index (κ3) is 6.68. The standard InChI is InChI=1S/C16H22N4O4S2/c1-10(2)7-12(14(22)23-3)18-13(21)9-25-16-20-19-15(26-16)17-8-11-5-4-6-24-11/h4-6,10,12H,7-9H2,1-3H3,(H,17,19)(H,18,21)/t12-/m1/s1. The Kier molecular flexibility index (Phi) is 7.92. The summed E-state index contributed by atoms with van der Waals surface area (Å²) in [6.07, 6.45) is 2.14. The fourth-order valence-electron chi connectivity index (χ4n) is 2.11. The third-order valence-corrected chi connectivity index (χ3v) is 5.27. The molecule has 0 saturated carbocycles. The quantitative estimate of drug-likeness (QED) is 0.464. The molecule has 0 unspecified atom stereocenters. The Bertz CT molecular complexity index is 703. The highest BCUT2D eigenvalue weighted by Gasteiger charge is 2.22. The van der Waals surface area contributed by atoms with Gasteiger partial charge in [-0.25, -0.2) is 4.79 Å². The molecule has 8 nitrogen and oxygen atoms in total. The highest BCUT2D eigenvalue weighted by molar-refractivity contribution is 8.01. The van der Waals surface area contributed by atoms with Crippen molar-refractivity contribution in [1.29, 1.82) is 0 Å². The highest BCUT2D eigenvalue weighted by Crippen LogP contribution is 2.25. The van der Waals surface area contributed by atoms with Crippen molar-refractivity contribution in [2.45, 2.75) is 37.2 Å². The summed E-state index contributed by atoms with van der Waals surface area (Å²) in [5, 5.41) is 14.5. The second kappa shape index (κ2) is 10.2. The van der Waals surface area contributed by atoms with Gasteiger partial charge >= 0.3 is 5.97 Å². The summed E-state index contributed by atoms with van der Waals surface area (Å²) >= 11 is 2.62. The lowest BCUT2D eigenvalue weighted by molar-refractivity contribution is -0.145. The molecule has 0 radical (unpaired) electrons. The first-order valence-corrected chi connectivity index (χ1v) is 9.88. The number of nitrogens with zero attached hydrogens (tertiary/aromatic N) is 2. The van der Waals surface area contributed by atoms with Crippen molar-refractivity contribution >= 4 is 40.1 Å². The Morgan fingerprint density at radius 1 is 1.38 bits per heavy atom. The number of carbonyl (C=O) groups excluding carboxylic acids is 2. The Hall–Kier alpha value is -2.07. The Balaban J connectivity index is 1.78. The monoisotopic (exact) mass is 398 g/mol. The maximum atomic E-state index is 12.1. The molecule has 0 aromatic carbocycles. The van der Waals surface area contributed by atoms with Crippen LogP contribution in [0.5, 0.6) is 0 Å². The SMILES string of the molecule is COC(=O)[C@@H](CC(C)C)NC(=O)CSc1nnc(NCc2ccco2)s1. The molecular formula is C16H22N4O4S2. The number of rotatable bonds is 10. The van der Waals surface area contributed by atoms with E-state index in [0.717, 1.165) is 5.76 Å². The van der Waals surface area contributed by atoms with Gasteiger partial charge in [-0.05, 0) is 24.5 Å². The van der Waals surface area contributed by atoms with Crippen LogP contribution in [0.4, 0.5) is 5.13 Å². The summed E-state index contributed by atoms with van der Waals surface area (Å²) in [6.45, 7) is 4.48. The zero-order valence-corrected chi connectivity index (χ0v) is 16.5. The number of methoxy groups -OCH3 is 1. The van der Waals surface area contributed by atoms with Crippen molar-refractivity contribution in [3.8, 4) is 0 Å². The van der Waals surface area contributed by atoms with E-state index in [4.69, 9.17) is 9.15 Å². The second-order valence-corrected chi connectivity index (χ2v) is 8.07. The molecule has 0 fully saturated rings. The van der Waals surface area contributed by atoms with Crippen molar-refractivity contribution < 1.29 is 18.7 Å². The molecule has 142 valence electrons. The average molecular weight is 399 g/mol. The van der Waals surface area contributed by atoms with Gasteiger partial charge in [0, 0.05) is 0 Å². The molecule has 0 aliphatic heterocycles. The molecule has 2 aromatic rings. The fraction of sp³-hybridized carbons (Fsp3) is 0.500. The van der Waals surface area contributed by atoms with Crippen LogP contribution in [-0.4, -0.2) is 41.0 Å². The number of amides is 1. The average Bonchev–Trinajstić information content (AvgIpc) is 3.28. The van der Waals surface area contributed by atoms with Crippen molar-refractivity contribution in [1.82, 2.24) is 15.5 Å². The number of furan rings is 1. The number of ether oxygens (including phenoxy) is 1. The van der Waals surface area contributed by atoms with E-state index in [1.165, 1.54) is 30.2 Å². The van der Waals surface area contributed by atoms with Crippen LogP contribution in [0, 0.1) is 5.92 Å². The van der Waals surface area contributed by atoms with Crippen molar-refractivity contribution in [2.75, 3.05) is 18.2 Å². The van der Waals surface area contributed by atoms with Crippen LogP contribution in [0.1, 0.15) is 26.0 Å². The smallest absolute Gasteiger partial charge is 0.328 e. The zero-order valence-electron chi connectivity index (χ0n) is 14.9. The number of hydrogen-bond acceptors (Lipinski definition) is 9. The van der Waals surface area contributed by atoms with Crippen LogP contribution in [-0.2, 0) is 20.9 Å². The summed E-state index contributed by atoms with van der Waals surface area (Å²) in [5.74, 6) is 0.535. The molecule has 2 heterocycles. The van der Waals surface area contributed by atoms with Gasteiger partial charge in [-0.3, -0.25) is 4.79 Å². The zero-order chi connectivity index (χ0) is 18.9. The Labute approximate surface area is 160 Å². The number of aromatic nitrogens is 2. The van der Waals surface area contributed by atoms with E-state index < -0.39 is 12.0 Å². The van der Waals surface area contributed by atoms with Crippen molar-refractivity contribution in [2.24, 2.45) is 5.92 Å². The van der Waals surface area contributed by atoms with Crippen LogP contribution in [0.2, 0.25) is 0 Å². The van der Waals surface area contributed by atoms with Gasteiger partial charge < -0.3 is 19.8 Å². The van der Waals surface area contributed by atoms with Gasteiger partial charge in [0.2, 0.25) is 11.0 Å². The van der Waals surface area contributed by atoms with Crippen LogP contribution in [0.15, 0.2) is 27.2 Å². The van der Waals surface area contributed by atoms with Gasteiger partial charge in [0.1, 0.15) is 11.8 Å². The van der Waals surface area contributed by atoms with Crippen LogP contribution >= 0.6 is 23.1 Å². The van der Waals surface area contributed by atoms with Gasteiger partial charge in [0.05, 0.1) is 25.7 Å². The lowest BCUT2D eigenvalue weighted by atomic mass is 10.0. The maximum Gasteiger partial charge on any atom is 0.328 e. The van der Waals surface area contributed by atoms with E-state index in [1.807, 2.05) is 26.0 Å². The van der Waals surface area contributed by atoms with Gasteiger partial charge in [-0.1, -0.05) is 36.9 Å². The number of nitrogens with one attached hydrogen (secondary N) is 2. The number of carbonyl (C=O) groups is 2. The molecule has 0 bridgehead atoms. The lowest BCUT2D eigenvalue weighted by Gasteiger charge is -2.17. The van der Waals surface area contributed by atoms with Crippen molar-refractivity contribution in [3.63, 3.8) is 0 Å². The summed E-state index contributed by atoms with van der Waals surface area (Å²) in [7, 11) is 1.31. The second-order valence-electron chi connectivity index (χ2n) is 5.87. The van der Waals surface area contributed by atoms with Gasteiger partial charge in [0.25, 0.3) is 0 Å². The number of hydrogen-bond donors (Lipinski definition) is 2. The highest BCUT2D eigenvalue weighted by atomic mass is 32.2. The molecule has 0 aliphatic carbocycles. The summed E-state index contributed by atoms with van der Waals surface area (Å²) in [5.41, 5.74) is 0. The molecule has 2 N–H and O–H groups in total. The van der Waals surface area contributed by atoms with E-state index in [0.29, 0.717) is 22.4 Å². The minimum absolute atomic E-state index is 0.151. The van der Waals surface area contributed by atoms with Crippen LogP contribution in [0.3, 0.4) is 0 Å². The predicted octanol–water partition coefficient (Wildman–Crippen LogP) is 2.54. The minimum atomic E-state index is -0.631. The summed E-state index contributed by atoms with van der Waals surface area (Å²) in [4.78, 5) is 23.9. The first-order chi connectivity index (χ1) is 12.5. The van der Waals surface area contributed by atoms with Crippen molar-refractivity contribution in [3.05, 3.63) is 24.2 Å². The van der Waals surface area contributed by atoms with Gasteiger partial charge in [-0.2, -0.15) is 0 Å². The van der Waals surface area contributed by atoms with E-state index in [2.05, 4.69) is 20.8 Å². The topological polar surface area (TPSA) is 106 Å². The maximum absolute atomic E-state index is 12.1. The molecule has 2 rings (SSSR count).